The maximum Gasteiger partial charge on any atom is 0.237 e. The Hall–Kier alpha value is -0.610. The highest BCUT2D eigenvalue weighted by molar-refractivity contribution is 5.84. The quantitative estimate of drug-likeness (QED) is 0.670. The van der Waals surface area contributed by atoms with Gasteiger partial charge in [-0.15, -0.1) is 0 Å². The first kappa shape index (κ1) is 16.4. The molecule has 0 aromatic rings. The Bertz CT molecular complexity index is 302. The predicted molar refractivity (Wildman–Crippen MR) is 79.9 cm³/mol. The minimum Gasteiger partial charge on any atom is -0.368 e. The van der Waals surface area contributed by atoms with Gasteiger partial charge in [0.2, 0.25) is 5.91 Å². The summed E-state index contributed by atoms with van der Waals surface area (Å²) >= 11 is 0. The average molecular weight is 269 g/mol. The molecule has 1 fully saturated rings. The van der Waals surface area contributed by atoms with E-state index in [0.717, 1.165) is 25.6 Å². The molecular formula is C15H31N3O. The molecule has 1 aliphatic carbocycles. The average Bonchev–Trinajstić information content (AvgIpc) is 3.09. The molecule has 1 rings (SSSR count). The third-order valence-electron chi connectivity index (χ3n) is 3.97. The number of carbonyl (C=O) groups is 1. The molecule has 0 aromatic carbocycles. The summed E-state index contributed by atoms with van der Waals surface area (Å²) in [5.74, 6) is 0.406. The highest BCUT2D eigenvalue weighted by Crippen LogP contribution is 2.31. The van der Waals surface area contributed by atoms with Crippen molar-refractivity contribution < 1.29 is 4.79 Å². The van der Waals surface area contributed by atoms with E-state index in [1.807, 2.05) is 13.8 Å². The third kappa shape index (κ3) is 4.77. The van der Waals surface area contributed by atoms with Crippen molar-refractivity contribution in [2.24, 2.45) is 11.7 Å². The van der Waals surface area contributed by atoms with Crippen LogP contribution in [0.2, 0.25) is 0 Å². The van der Waals surface area contributed by atoms with Crippen LogP contribution in [0.4, 0.5) is 0 Å². The molecule has 3 N–H and O–H groups in total. The van der Waals surface area contributed by atoms with Crippen LogP contribution in [0.15, 0.2) is 0 Å². The monoisotopic (exact) mass is 269 g/mol. The second-order valence-electron chi connectivity index (χ2n) is 6.60. The van der Waals surface area contributed by atoms with Gasteiger partial charge in [-0.25, -0.2) is 0 Å². The van der Waals surface area contributed by atoms with Gasteiger partial charge in [-0.05, 0) is 45.6 Å². The number of hydrogen-bond donors (Lipinski definition) is 2. The van der Waals surface area contributed by atoms with Gasteiger partial charge in [-0.2, -0.15) is 0 Å². The van der Waals surface area contributed by atoms with Gasteiger partial charge in [0, 0.05) is 18.6 Å². The zero-order valence-electron chi connectivity index (χ0n) is 13.2. The zero-order chi connectivity index (χ0) is 14.6. The van der Waals surface area contributed by atoms with E-state index in [2.05, 4.69) is 31.0 Å². The molecule has 0 saturated heterocycles. The lowest BCUT2D eigenvalue weighted by atomic mass is 9.91. The molecule has 19 heavy (non-hydrogen) atoms. The molecule has 0 heterocycles. The molecule has 4 nitrogen and oxygen atoms in total. The van der Waals surface area contributed by atoms with Gasteiger partial charge in [0.05, 0.1) is 5.54 Å². The van der Waals surface area contributed by atoms with Gasteiger partial charge in [0.25, 0.3) is 0 Å². The van der Waals surface area contributed by atoms with Crippen LogP contribution >= 0.6 is 0 Å². The van der Waals surface area contributed by atoms with Crippen LogP contribution in [0, 0.1) is 5.92 Å². The Morgan fingerprint density at radius 2 is 2.00 bits per heavy atom. The van der Waals surface area contributed by atoms with Crippen LogP contribution < -0.4 is 11.1 Å². The normalized spacial score (nSPS) is 20.6. The zero-order valence-corrected chi connectivity index (χ0v) is 13.2. The standard InChI is InChI=1S/C15H31N3O/c1-6-17-15(5,14(16)19)9-12(4)18(10-11(2)3)13-7-8-13/h11-13,17H,6-10H2,1-5H3,(H2,16,19). The van der Waals surface area contributed by atoms with E-state index in [1.54, 1.807) is 0 Å². The number of nitrogens with zero attached hydrogens (tertiary/aromatic N) is 1. The van der Waals surface area contributed by atoms with Crippen LogP contribution in [0.5, 0.6) is 0 Å². The van der Waals surface area contributed by atoms with Gasteiger partial charge < -0.3 is 11.1 Å². The number of nitrogens with two attached hydrogens (primary N) is 1. The molecule has 0 bridgehead atoms. The minimum atomic E-state index is -0.599. The summed E-state index contributed by atoms with van der Waals surface area (Å²) < 4.78 is 0. The maximum absolute atomic E-state index is 11.7. The van der Waals surface area contributed by atoms with Gasteiger partial charge in [-0.3, -0.25) is 9.69 Å². The second-order valence-corrected chi connectivity index (χ2v) is 6.60. The van der Waals surface area contributed by atoms with Crippen LogP contribution in [0.25, 0.3) is 0 Å². The van der Waals surface area contributed by atoms with Gasteiger partial charge in [0.1, 0.15) is 0 Å². The van der Waals surface area contributed by atoms with Crippen molar-refractivity contribution in [3.63, 3.8) is 0 Å². The molecule has 0 radical (unpaired) electrons. The first-order valence-electron chi connectivity index (χ1n) is 7.60. The Morgan fingerprint density at radius 3 is 2.37 bits per heavy atom. The largest absolute Gasteiger partial charge is 0.368 e. The summed E-state index contributed by atoms with van der Waals surface area (Å²) in [5, 5.41) is 3.26. The molecule has 1 aliphatic rings. The summed E-state index contributed by atoms with van der Waals surface area (Å²) in [6.07, 6.45) is 3.37. The molecule has 1 saturated carbocycles. The van der Waals surface area contributed by atoms with Crippen molar-refractivity contribution >= 4 is 5.91 Å². The van der Waals surface area contributed by atoms with Crippen molar-refractivity contribution in [2.45, 2.75) is 71.5 Å². The van der Waals surface area contributed by atoms with Crippen molar-refractivity contribution in [1.29, 1.82) is 0 Å². The lowest BCUT2D eigenvalue weighted by Crippen LogP contribution is -2.56. The first-order valence-corrected chi connectivity index (χ1v) is 7.60. The smallest absolute Gasteiger partial charge is 0.237 e. The summed E-state index contributed by atoms with van der Waals surface area (Å²) in [6.45, 7) is 12.5. The van der Waals surface area contributed by atoms with Crippen molar-refractivity contribution in [3.8, 4) is 0 Å². The van der Waals surface area contributed by atoms with E-state index >= 15 is 0 Å². The number of hydrogen-bond acceptors (Lipinski definition) is 3. The Morgan fingerprint density at radius 1 is 1.42 bits per heavy atom. The van der Waals surface area contributed by atoms with Gasteiger partial charge in [-0.1, -0.05) is 20.8 Å². The second kappa shape index (κ2) is 6.71. The topological polar surface area (TPSA) is 58.4 Å². The Balaban J connectivity index is 2.67. The fourth-order valence-corrected chi connectivity index (χ4v) is 2.87. The van der Waals surface area contributed by atoms with E-state index in [-0.39, 0.29) is 5.91 Å². The van der Waals surface area contributed by atoms with Gasteiger partial charge in [0.15, 0.2) is 0 Å². The van der Waals surface area contributed by atoms with Crippen LogP contribution in [-0.4, -0.2) is 41.5 Å². The van der Waals surface area contributed by atoms with Crippen LogP contribution in [-0.2, 0) is 4.79 Å². The molecule has 2 unspecified atom stereocenters. The highest BCUT2D eigenvalue weighted by atomic mass is 16.1. The van der Waals surface area contributed by atoms with E-state index in [1.165, 1.54) is 12.8 Å². The van der Waals surface area contributed by atoms with Crippen molar-refractivity contribution in [1.82, 2.24) is 10.2 Å². The fraction of sp³-hybridized carbons (Fsp3) is 0.933. The molecule has 1 amide bonds. The highest BCUT2D eigenvalue weighted by Gasteiger charge is 2.38. The van der Waals surface area contributed by atoms with Crippen LogP contribution in [0.1, 0.15) is 53.9 Å². The lowest BCUT2D eigenvalue weighted by molar-refractivity contribution is -0.124. The molecule has 112 valence electrons. The van der Waals surface area contributed by atoms with E-state index in [4.69, 9.17) is 5.73 Å². The predicted octanol–water partition coefficient (Wildman–Crippen LogP) is 1.74. The van der Waals surface area contributed by atoms with Crippen LogP contribution in [0.3, 0.4) is 0 Å². The van der Waals surface area contributed by atoms with Gasteiger partial charge >= 0.3 is 0 Å². The van der Waals surface area contributed by atoms with E-state index in [0.29, 0.717) is 12.0 Å². The number of primary amides is 1. The number of likely N-dealkylation sites (N-methyl/N-ethyl adjacent to an activating group) is 1. The maximum atomic E-state index is 11.7. The summed E-state index contributed by atoms with van der Waals surface area (Å²) in [5.41, 5.74) is 4.98. The molecule has 0 aliphatic heterocycles. The molecule has 4 heteroatoms. The number of amides is 1. The molecule has 0 aromatic heterocycles. The third-order valence-corrected chi connectivity index (χ3v) is 3.97. The number of nitrogens with one attached hydrogen (secondary N) is 1. The number of rotatable bonds is 9. The lowest BCUT2D eigenvalue weighted by Gasteiger charge is -2.37. The first-order chi connectivity index (χ1) is 8.80. The summed E-state index contributed by atoms with van der Waals surface area (Å²) in [6, 6.07) is 1.10. The fourth-order valence-electron chi connectivity index (χ4n) is 2.87. The van der Waals surface area contributed by atoms with E-state index < -0.39 is 5.54 Å². The molecule has 2 atom stereocenters. The Labute approximate surface area is 118 Å². The Kier molecular flexibility index (Phi) is 5.81. The number of carbonyl (C=O) groups excluding carboxylic acids is 1. The summed E-state index contributed by atoms with van der Waals surface area (Å²) in [7, 11) is 0. The van der Waals surface area contributed by atoms with Crippen molar-refractivity contribution in [3.05, 3.63) is 0 Å². The summed E-state index contributed by atoms with van der Waals surface area (Å²) in [4.78, 5) is 14.3. The SMILES string of the molecule is CCNC(C)(CC(C)N(CC(C)C)C1CC1)C(N)=O. The van der Waals surface area contributed by atoms with E-state index in [9.17, 15) is 4.79 Å². The molecule has 0 spiro atoms. The minimum absolute atomic E-state index is 0.249. The van der Waals surface area contributed by atoms with Crippen molar-refractivity contribution in [2.75, 3.05) is 13.1 Å². The molecular weight excluding hydrogens is 238 g/mol.